The van der Waals surface area contributed by atoms with E-state index < -0.39 is 11.5 Å². The van der Waals surface area contributed by atoms with Crippen LogP contribution >= 0.6 is 11.6 Å². The molecule has 0 unspecified atom stereocenters. The predicted octanol–water partition coefficient (Wildman–Crippen LogP) is 1.60. The SMILES string of the molecule is O=c1[nH]c(O)c(/C=c2/cnn3c(=NC4CC4)cc(Nc4cc(F)ccc4Cl)nc23)[nH]1. The molecular formula is C19H15ClFN7O2. The number of nitrogens with one attached hydrogen (secondary N) is 3. The lowest BCUT2D eigenvalue weighted by Gasteiger charge is -2.08. The van der Waals surface area contributed by atoms with Gasteiger partial charge in [0.15, 0.2) is 11.1 Å². The van der Waals surface area contributed by atoms with Gasteiger partial charge in [-0.05, 0) is 37.1 Å². The first-order valence-electron chi connectivity index (χ1n) is 9.14. The number of hydrogen-bond acceptors (Lipinski definition) is 6. The van der Waals surface area contributed by atoms with Crippen molar-refractivity contribution in [1.29, 1.82) is 0 Å². The maximum absolute atomic E-state index is 13.6. The van der Waals surface area contributed by atoms with E-state index in [0.29, 0.717) is 32.9 Å². The van der Waals surface area contributed by atoms with Gasteiger partial charge in [0.2, 0.25) is 5.88 Å². The zero-order valence-electron chi connectivity index (χ0n) is 15.4. The summed E-state index contributed by atoms with van der Waals surface area (Å²) in [7, 11) is 0. The topological polar surface area (TPSA) is 123 Å². The quantitative estimate of drug-likeness (QED) is 0.394. The second-order valence-electron chi connectivity index (χ2n) is 6.93. The van der Waals surface area contributed by atoms with Crippen molar-refractivity contribution in [3.8, 4) is 5.88 Å². The summed E-state index contributed by atoms with van der Waals surface area (Å²) in [6, 6.07) is 5.93. The van der Waals surface area contributed by atoms with Crippen molar-refractivity contribution in [1.82, 2.24) is 24.6 Å². The number of halogens is 2. The van der Waals surface area contributed by atoms with Crippen molar-refractivity contribution >= 4 is 34.8 Å². The number of imidazole rings is 1. The zero-order valence-corrected chi connectivity index (χ0v) is 16.1. The molecule has 1 aromatic carbocycles. The third-order valence-electron chi connectivity index (χ3n) is 4.57. The lowest BCUT2D eigenvalue weighted by Crippen LogP contribution is -2.20. The van der Waals surface area contributed by atoms with Crippen molar-refractivity contribution < 1.29 is 9.50 Å². The summed E-state index contributed by atoms with van der Waals surface area (Å²) in [6.07, 6.45) is 5.10. The molecule has 0 saturated heterocycles. The monoisotopic (exact) mass is 427 g/mol. The molecule has 9 nitrogen and oxygen atoms in total. The molecule has 3 aromatic heterocycles. The molecule has 0 spiro atoms. The molecule has 11 heteroatoms. The Bertz CT molecular complexity index is 1450. The summed E-state index contributed by atoms with van der Waals surface area (Å²) < 4.78 is 15.2. The molecule has 1 aliphatic carbocycles. The fraction of sp³-hybridized carbons (Fsp3) is 0.158. The number of aromatic nitrogens is 5. The van der Waals surface area contributed by atoms with Crippen LogP contribution in [-0.2, 0) is 0 Å². The van der Waals surface area contributed by atoms with Crippen LogP contribution in [0.2, 0.25) is 5.02 Å². The van der Waals surface area contributed by atoms with Crippen molar-refractivity contribution in [2.24, 2.45) is 4.99 Å². The lowest BCUT2D eigenvalue weighted by atomic mass is 10.3. The van der Waals surface area contributed by atoms with Crippen LogP contribution in [0.5, 0.6) is 5.88 Å². The standard InChI is InChI=1S/C19H15ClFN7O2/c20-12-4-1-10(21)6-13(12)24-15-7-16(23-11-2-3-11)28-17(26-15)9(8-22-28)5-14-18(29)27-19(30)25-14/h1,4-8,11,24,29H,2-3H2,(H2,25,27,30)/b9-5-,23-16?. The highest BCUT2D eigenvalue weighted by atomic mass is 35.5. The third-order valence-corrected chi connectivity index (χ3v) is 4.90. The van der Waals surface area contributed by atoms with Gasteiger partial charge in [-0.1, -0.05) is 11.6 Å². The molecule has 0 radical (unpaired) electrons. The maximum Gasteiger partial charge on any atom is 0.326 e. The summed E-state index contributed by atoms with van der Waals surface area (Å²) in [5, 5.41) is 18.1. The minimum atomic E-state index is -0.532. The molecule has 4 N–H and O–H groups in total. The number of aromatic amines is 2. The van der Waals surface area contributed by atoms with E-state index in [9.17, 15) is 14.3 Å². The van der Waals surface area contributed by atoms with Gasteiger partial charge in [-0.15, -0.1) is 0 Å². The molecule has 5 rings (SSSR count). The van der Waals surface area contributed by atoms with E-state index in [0.717, 1.165) is 12.8 Å². The van der Waals surface area contributed by atoms with Crippen molar-refractivity contribution in [3.05, 3.63) is 68.2 Å². The third kappa shape index (κ3) is 3.52. The Morgan fingerprint density at radius 1 is 1.33 bits per heavy atom. The number of fused-ring (bicyclic) bond motifs is 1. The van der Waals surface area contributed by atoms with E-state index >= 15 is 0 Å². The fourth-order valence-electron chi connectivity index (χ4n) is 2.99. The summed E-state index contributed by atoms with van der Waals surface area (Å²) >= 11 is 6.17. The van der Waals surface area contributed by atoms with Crippen LogP contribution in [0.1, 0.15) is 18.5 Å². The van der Waals surface area contributed by atoms with Gasteiger partial charge >= 0.3 is 5.69 Å². The normalized spacial score (nSPS) is 15.3. The highest BCUT2D eigenvalue weighted by Gasteiger charge is 2.20. The van der Waals surface area contributed by atoms with E-state index in [-0.39, 0.29) is 17.6 Å². The average Bonchev–Trinajstić information content (AvgIpc) is 3.34. The molecule has 4 aromatic rings. The molecular weight excluding hydrogens is 413 g/mol. The molecule has 1 saturated carbocycles. The first-order valence-corrected chi connectivity index (χ1v) is 9.52. The Kier molecular flexibility index (Phi) is 4.28. The molecule has 0 aliphatic heterocycles. The Labute approximate surface area is 172 Å². The van der Waals surface area contributed by atoms with Gasteiger partial charge in [0, 0.05) is 11.3 Å². The van der Waals surface area contributed by atoms with E-state index in [1.54, 1.807) is 22.9 Å². The van der Waals surface area contributed by atoms with E-state index in [1.807, 2.05) is 0 Å². The summed E-state index contributed by atoms with van der Waals surface area (Å²) in [5.41, 5.74) is 1.04. The molecule has 0 amide bonds. The van der Waals surface area contributed by atoms with E-state index in [4.69, 9.17) is 11.6 Å². The maximum atomic E-state index is 13.6. The lowest BCUT2D eigenvalue weighted by molar-refractivity contribution is 0.454. The molecule has 0 atom stereocenters. The second kappa shape index (κ2) is 6.99. The number of aromatic hydroxyl groups is 1. The van der Waals surface area contributed by atoms with Gasteiger partial charge in [0.25, 0.3) is 0 Å². The van der Waals surface area contributed by atoms with Crippen LogP contribution in [0, 0.1) is 5.82 Å². The van der Waals surface area contributed by atoms with E-state index in [2.05, 4.69) is 30.4 Å². The highest BCUT2D eigenvalue weighted by molar-refractivity contribution is 6.33. The van der Waals surface area contributed by atoms with Gasteiger partial charge in [0.05, 0.1) is 22.9 Å². The predicted molar refractivity (Wildman–Crippen MR) is 108 cm³/mol. The highest BCUT2D eigenvalue weighted by Crippen LogP contribution is 2.25. The van der Waals surface area contributed by atoms with E-state index in [1.165, 1.54) is 18.2 Å². The van der Waals surface area contributed by atoms with Crippen LogP contribution in [0.4, 0.5) is 15.9 Å². The number of anilines is 2. The molecule has 0 bridgehead atoms. The number of hydrogen-bond donors (Lipinski definition) is 4. The first kappa shape index (κ1) is 18.4. The van der Waals surface area contributed by atoms with Crippen LogP contribution in [0.15, 0.2) is 40.2 Å². The van der Waals surface area contributed by atoms with Gasteiger partial charge in [-0.3, -0.25) is 9.98 Å². The van der Waals surface area contributed by atoms with Crippen molar-refractivity contribution in [3.63, 3.8) is 0 Å². The van der Waals surface area contributed by atoms with Crippen LogP contribution < -0.4 is 21.7 Å². The Hall–Kier alpha value is -3.66. The van der Waals surface area contributed by atoms with Gasteiger partial charge in [-0.25, -0.2) is 14.2 Å². The summed E-state index contributed by atoms with van der Waals surface area (Å²) in [4.78, 5) is 25.4. The molecule has 152 valence electrons. The second-order valence-corrected chi connectivity index (χ2v) is 7.34. The van der Waals surface area contributed by atoms with Crippen molar-refractivity contribution in [2.75, 3.05) is 5.32 Å². The largest absolute Gasteiger partial charge is 0.493 e. The molecule has 30 heavy (non-hydrogen) atoms. The minimum Gasteiger partial charge on any atom is -0.493 e. The number of nitrogens with zero attached hydrogens (tertiary/aromatic N) is 4. The molecule has 1 fully saturated rings. The van der Waals surface area contributed by atoms with Gasteiger partial charge in [0.1, 0.15) is 17.3 Å². The average molecular weight is 428 g/mol. The number of H-pyrrole nitrogens is 2. The van der Waals surface area contributed by atoms with Crippen LogP contribution in [-0.4, -0.2) is 35.7 Å². The van der Waals surface area contributed by atoms with Crippen molar-refractivity contribution in [2.45, 2.75) is 18.9 Å². The summed E-state index contributed by atoms with van der Waals surface area (Å²) in [5.74, 6) is -0.324. The Morgan fingerprint density at radius 2 is 2.17 bits per heavy atom. The smallest absolute Gasteiger partial charge is 0.326 e. The van der Waals surface area contributed by atoms with Crippen LogP contribution in [0.3, 0.4) is 0 Å². The van der Waals surface area contributed by atoms with Gasteiger partial charge < -0.3 is 15.4 Å². The Balaban J connectivity index is 1.69. The molecule has 3 heterocycles. The van der Waals surface area contributed by atoms with Crippen LogP contribution in [0.25, 0.3) is 11.7 Å². The summed E-state index contributed by atoms with van der Waals surface area (Å²) in [6.45, 7) is 0. The molecule has 1 aliphatic rings. The Morgan fingerprint density at radius 3 is 2.90 bits per heavy atom. The number of benzene rings is 1. The van der Waals surface area contributed by atoms with Gasteiger partial charge in [-0.2, -0.15) is 9.61 Å². The first-order chi connectivity index (χ1) is 14.5. The number of rotatable bonds is 4. The minimum absolute atomic E-state index is 0.198. The fourth-order valence-corrected chi connectivity index (χ4v) is 3.16. The zero-order chi connectivity index (χ0) is 20.8.